The predicted molar refractivity (Wildman–Crippen MR) is 94.1 cm³/mol. The third-order valence-corrected chi connectivity index (χ3v) is 4.43. The lowest BCUT2D eigenvalue weighted by Gasteiger charge is -2.14. The van der Waals surface area contributed by atoms with E-state index >= 15 is 0 Å². The summed E-state index contributed by atoms with van der Waals surface area (Å²) in [5.41, 5.74) is -0.468. The molecule has 134 valence electrons. The molecule has 2 aromatic carbocycles. The Balaban J connectivity index is 2.10. The molecule has 0 aromatic heterocycles. The molecule has 2 aromatic rings. The van der Waals surface area contributed by atoms with Crippen molar-refractivity contribution in [1.82, 2.24) is 0 Å². The van der Waals surface area contributed by atoms with Crippen molar-refractivity contribution in [2.75, 3.05) is 10.6 Å². The summed E-state index contributed by atoms with van der Waals surface area (Å²) in [6.45, 7) is 0. The first kappa shape index (κ1) is 19.4. The lowest BCUT2D eigenvalue weighted by molar-refractivity contribution is -0.137. The van der Waals surface area contributed by atoms with E-state index in [4.69, 9.17) is 29.0 Å². The van der Waals surface area contributed by atoms with Gasteiger partial charge in [0, 0.05) is 11.4 Å². The molecule has 4 N–H and O–H groups in total. The maximum atomic E-state index is 12.8. The molecule has 0 bridgehead atoms. The molecule has 0 aliphatic heterocycles. The highest BCUT2D eigenvalue weighted by atomic mass is 35.5. The molecule has 0 aliphatic carbocycles. The largest absolute Gasteiger partial charge is 0.417 e. The van der Waals surface area contributed by atoms with Crippen molar-refractivity contribution >= 4 is 50.3 Å². The highest BCUT2D eigenvalue weighted by molar-refractivity contribution is 7.89. The number of alkyl halides is 3. The zero-order valence-electron chi connectivity index (χ0n) is 12.3. The Bertz CT molecular complexity index is 901. The topological polar surface area (TPSA) is 84.2 Å². The molecule has 0 saturated carbocycles. The number of benzene rings is 2. The van der Waals surface area contributed by atoms with Crippen molar-refractivity contribution in [1.29, 1.82) is 0 Å². The summed E-state index contributed by atoms with van der Waals surface area (Å²) in [7, 11) is -3.81. The van der Waals surface area contributed by atoms with Gasteiger partial charge in [-0.15, -0.1) is 0 Å². The van der Waals surface area contributed by atoms with Crippen LogP contribution in [0.3, 0.4) is 0 Å². The van der Waals surface area contributed by atoms with Crippen molar-refractivity contribution in [3.05, 3.63) is 53.1 Å². The van der Waals surface area contributed by atoms with Gasteiger partial charge >= 0.3 is 6.18 Å². The minimum Gasteiger partial charge on any atom is -0.332 e. The zero-order chi connectivity index (χ0) is 18.8. The predicted octanol–water partition coefficient (Wildman–Crippen LogP) is 3.82. The van der Waals surface area contributed by atoms with E-state index in [1.165, 1.54) is 30.3 Å². The van der Waals surface area contributed by atoms with Gasteiger partial charge in [0.1, 0.15) is 0 Å². The van der Waals surface area contributed by atoms with Gasteiger partial charge < -0.3 is 10.6 Å². The minimum absolute atomic E-state index is 0.0128. The van der Waals surface area contributed by atoms with E-state index in [0.717, 1.165) is 12.1 Å². The molecule has 0 amide bonds. The fourth-order valence-corrected chi connectivity index (χ4v) is 2.82. The summed E-state index contributed by atoms with van der Waals surface area (Å²) >= 11 is 10.6. The lowest BCUT2D eigenvalue weighted by atomic mass is 10.2. The summed E-state index contributed by atoms with van der Waals surface area (Å²) in [6, 6.07) is 8.65. The van der Waals surface area contributed by atoms with Crippen molar-refractivity contribution < 1.29 is 21.6 Å². The molecule has 0 radical (unpaired) electrons. The van der Waals surface area contributed by atoms with Crippen LogP contribution >= 0.6 is 23.8 Å². The SMILES string of the molecule is NS(=O)(=O)c1ccc(NC(=S)Nc2ccc(Cl)c(C(F)(F)F)c2)cc1. The molecule has 0 unspecified atom stereocenters. The van der Waals surface area contributed by atoms with Crippen LogP contribution in [0.1, 0.15) is 5.56 Å². The normalized spacial score (nSPS) is 11.9. The quantitative estimate of drug-likeness (QED) is 0.671. The van der Waals surface area contributed by atoms with Gasteiger partial charge in [0.15, 0.2) is 5.11 Å². The average molecular weight is 410 g/mol. The first-order valence-corrected chi connectivity index (χ1v) is 8.88. The highest BCUT2D eigenvalue weighted by Crippen LogP contribution is 2.36. The summed E-state index contributed by atoms with van der Waals surface area (Å²) in [5.74, 6) is 0. The zero-order valence-corrected chi connectivity index (χ0v) is 14.7. The van der Waals surface area contributed by atoms with Crippen LogP contribution in [-0.4, -0.2) is 13.5 Å². The van der Waals surface area contributed by atoms with Crippen molar-refractivity contribution in [2.45, 2.75) is 11.1 Å². The Morgan fingerprint density at radius 3 is 2.08 bits per heavy atom. The van der Waals surface area contributed by atoms with Crippen molar-refractivity contribution in [3.63, 3.8) is 0 Å². The fraction of sp³-hybridized carbons (Fsp3) is 0.0714. The molecule has 5 nitrogen and oxygen atoms in total. The van der Waals surface area contributed by atoms with Gasteiger partial charge in [-0.25, -0.2) is 13.6 Å². The number of nitrogens with one attached hydrogen (secondary N) is 2. The van der Waals surface area contributed by atoms with Crippen LogP contribution in [0.25, 0.3) is 0 Å². The van der Waals surface area contributed by atoms with Gasteiger partial charge in [-0.05, 0) is 54.7 Å². The summed E-state index contributed by atoms with van der Waals surface area (Å²) in [4.78, 5) is -0.0792. The monoisotopic (exact) mass is 409 g/mol. The highest BCUT2D eigenvalue weighted by Gasteiger charge is 2.33. The fourth-order valence-electron chi connectivity index (χ4n) is 1.84. The van der Waals surface area contributed by atoms with E-state index < -0.39 is 26.8 Å². The first-order valence-electron chi connectivity index (χ1n) is 6.54. The second-order valence-corrected chi connectivity index (χ2v) is 7.22. The Labute approximate surface area is 152 Å². The van der Waals surface area contributed by atoms with Gasteiger partial charge in [-0.2, -0.15) is 13.2 Å². The molecule has 2 rings (SSSR count). The van der Waals surface area contributed by atoms with Crippen LogP contribution in [0.4, 0.5) is 24.5 Å². The van der Waals surface area contributed by atoms with Crippen LogP contribution in [0.15, 0.2) is 47.4 Å². The van der Waals surface area contributed by atoms with Crippen molar-refractivity contribution in [3.8, 4) is 0 Å². The number of anilines is 2. The van der Waals surface area contributed by atoms with Crippen LogP contribution in [-0.2, 0) is 16.2 Å². The number of thiocarbonyl (C=S) groups is 1. The molecule has 25 heavy (non-hydrogen) atoms. The molecule has 0 saturated heterocycles. The molecule has 0 aliphatic rings. The van der Waals surface area contributed by atoms with Gasteiger partial charge in [0.25, 0.3) is 0 Å². The van der Waals surface area contributed by atoms with Gasteiger partial charge in [0.05, 0.1) is 15.5 Å². The molecule has 11 heteroatoms. The lowest BCUT2D eigenvalue weighted by Crippen LogP contribution is -2.19. The van der Waals surface area contributed by atoms with Crippen LogP contribution < -0.4 is 15.8 Å². The van der Waals surface area contributed by atoms with E-state index in [1.807, 2.05) is 0 Å². The van der Waals surface area contributed by atoms with E-state index in [0.29, 0.717) is 5.69 Å². The van der Waals surface area contributed by atoms with E-state index in [9.17, 15) is 21.6 Å². The third kappa shape index (κ3) is 5.30. The number of hydrogen-bond donors (Lipinski definition) is 3. The smallest absolute Gasteiger partial charge is 0.332 e. The number of rotatable bonds is 3. The second kappa shape index (κ2) is 7.16. The number of halogens is 4. The van der Waals surface area contributed by atoms with Gasteiger partial charge in [0.2, 0.25) is 10.0 Å². The number of sulfonamides is 1. The van der Waals surface area contributed by atoms with Crippen LogP contribution in [0, 0.1) is 0 Å². The van der Waals surface area contributed by atoms with E-state index in [1.54, 1.807) is 0 Å². The Kier molecular flexibility index (Phi) is 5.57. The Hall–Kier alpha value is -1.88. The second-order valence-electron chi connectivity index (χ2n) is 4.84. The summed E-state index contributed by atoms with van der Waals surface area (Å²) in [6.07, 6.45) is -4.59. The van der Waals surface area contributed by atoms with E-state index in [2.05, 4.69) is 10.6 Å². The minimum atomic E-state index is -4.59. The number of primary sulfonamides is 1. The number of nitrogens with two attached hydrogens (primary N) is 1. The van der Waals surface area contributed by atoms with Crippen LogP contribution in [0.2, 0.25) is 5.02 Å². The molecule has 0 atom stereocenters. The average Bonchev–Trinajstić information content (AvgIpc) is 2.47. The molecule has 0 spiro atoms. The molecule has 0 heterocycles. The maximum Gasteiger partial charge on any atom is 0.417 e. The Morgan fingerprint density at radius 1 is 1.04 bits per heavy atom. The molecular weight excluding hydrogens is 399 g/mol. The standard InChI is InChI=1S/C14H11ClF3N3O2S2/c15-12-6-3-9(7-11(12)14(16,17)18)21-13(24)20-8-1-4-10(5-2-8)25(19,22)23/h1-7H,(H2,19,22,23)(H2,20,21,24). The summed E-state index contributed by atoms with van der Waals surface area (Å²) in [5, 5.41) is 9.88. The Morgan fingerprint density at radius 2 is 1.56 bits per heavy atom. The van der Waals surface area contributed by atoms with Gasteiger partial charge in [-0.1, -0.05) is 11.6 Å². The molecule has 0 fully saturated rings. The maximum absolute atomic E-state index is 12.8. The van der Waals surface area contributed by atoms with Crippen LogP contribution in [0.5, 0.6) is 0 Å². The number of hydrogen-bond acceptors (Lipinski definition) is 3. The van der Waals surface area contributed by atoms with Crippen molar-refractivity contribution in [2.24, 2.45) is 5.14 Å². The van der Waals surface area contributed by atoms with E-state index in [-0.39, 0.29) is 15.7 Å². The first-order chi connectivity index (χ1) is 11.5. The third-order valence-electron chi connectivity index (χ3n) is 2.97. The molecular formula is C14H11ClF3N3O2S2. The van der Waals surface area contributed by atoms with Gasteiger partial charge in [-0.3, -0.25) is 0 Å². The summed E-state index contributed by atoms with van der Waals surface area (Å²) < 4.78 is 60.8.